The summed E-state index contributed by atoms with van der Waals surface area (Å²) in [6.07, 6.45) is 0. The van der Waals surface area contributed by atoms with Crippen molar-refractivity contribution in [1.82, 2.24) is 25.1 Å². The molecule has 0 bridgehead atoms. The number of carbonyl (C=O) groups is 1. The Bertz CT molecular complexity index is 1140. The van der Waals surface area contributed by atoms with Crippen LogP contribution >= 0.6 is 0 Å². The number of benzene rings is 2. The number of carboxylic acid groups (broad SMARTS) is 1. The highest BCUT2D eigenvalue weighted by atomic mass is 16.5. The molecule has 2 aromatic heterocycles. The molecule has 140 valence electrons. The van der Waals surface area contributed by atoms with Crippen molar-refractivity contribution in [1.29, 1.82) is 0 Å². The van der Waals surface area contributed by atoms with Crippen molar-refractivity contribution in [3.63, 3.8) is 0 Å². The number of methoxy groups -OCH3 is 1. The van der Waals surface area contributed by atoms with Crippen LogP contribution in [0.4, 0.5) is 5.95 Å². The summed E-state index contributed by atoms with van der Waals surface area (Å²) in [5, 5.41) is 20.1. The summed E-state index contributed by atoms with van der Waals surface area (Å²) in [6.45, 7) is 0.526. The zero-order chi connectivity index (χ0) is 19.5. The van der Waals surface area contributed by atoms with E-state index in [0.717, 1.165) is 5.56 Å². The van der Waals surface area contributed by atoms with Gasteiger partial charge in [0.25, 0.3) is 0 Å². The number of aromatic carboxylic acids is 1. The topological polar surface area (TPSA) is 126 Å². The van der Waals surface area contributed by atoms with Crippen molar-refractivity contribution in [3.05, 3.63) is 59.7 Å². The number of aromatic nitrogens is 5. The van der Waals surface area contributed by atoms with Gasteiger partial charge in [-0.15, -0.1) is 0 Å². The van der Waals surface area contributed by atoms with Gasteiger partial charge in [-0.3, -0.25) is 5.10 Å². The molecule has 0 aliphatic carbocycles. The fraction of sp³-hybridized carbons (Fsp3) is 0.105. The molecule has 0 spiro atoms. The zero-order valence-electron chi connectivity index (χ0n) is 14.9. The van der Waals surface area contributed by atoms with Gasteiger partial charge in [-0.25, -0.2) is 4.79 Å². The van der Waals surface area contributed by atoms with Gasteiger partial charge in [-0.2, -0.15) is 20.1 Å². The molecule has 0 aliphatic heterocycles. The second-order valence-electron chi connectivity index (χ2n) is 5.91. The molecule has 4 aromatic rings. The van der Waals surface area contributed by atoms with Crippen LogP contribution in [0.2, 0.25) is 0 Å². The molecule has 0 saturated heterocycles. The molecule has 0 saturated carbocycles. The monoisotopic (exact) mass is 376 g/mol. The summed E-state index contributed by atoms with van der Waals surface area (Å²) in [5.74, 6) is -0.438. The van der Waals surface area contributed by atoms with Gasteiger partial charge in [-0.1, -0.05) is 42.5 Å². The number of hydrogen-bond donors (Lipinski definition) is 3. The van der Waals surface area contributed by atoms with Crippen molar-refractivity contribution in [2.45, 2.75) is 6.54 Å². The number of anilines is 1. The van der Waals surface area contributed by atoms with Crippen molar-refractivity contribution >= 4 is 22.8 Å². The summed E-state index contributed by atoms with van der Waals surface area (Å²) in [4.78, 5) is 24.3. The lowest BCUT2D eigenvalue weighted by Gasteiger charge is -2.07. The highest BCUT2D eigenvalue weighted by molar-refractivity contribution is 6.05. The van der Waals surface area contributed by atoms with E-state index in [-0.39, 0.29) is 17.4 Å². The van der Waals surface area contributed by atoms with Crippen LogP contribution in [0.1, 0.15) is 15.9 Å². The van der Waals surface area contributed by atoms with Crippen LogP contribution in [-0.2, 0) is 6.54 Å². The standard InChI is InChI=1S/C19H16N6O3/c1-28-19-22-16(21-18(23-19)20-10-11-6-3-2-4-7-11)15-12-8-5-9-13(17(26)27)14(12)24-25-15/h2-9H,10H2,1H3,(H,24,25)(H,26,27)(H,20,21,22,23). The maximum Gasteiger partial charge on any atom is 0.337 e. The van der Waals surface area contributed by atoms with E-state index in [2.05, 4.69) is 30.5 Å². The fourth-order valence-corrected chi connectivity index (χ4v) is 2.80. The second kappa shape index (κ2) is 7.31. The molecule has 0 unspecified atom stereocenters. The fourth-order valence-electron chi connectivity index (χ4n) is 2.80. The predicted molar refractivity (Wildman–Crippen MR) is 102 cm³/mol. The minimum absolute atomic E-state index is 0.125. The number of carboxylic acids is 1. The Labute approximate surface area is 159 Å². The number of fused-ring (bicyclic) bond motifs is 1. The van der Waals surface area contributed by atoms with Crippen LogP contribution in [-0.4, -0.2) is 43.3 Å². The summed E-state index contributed by atoms with van der Waals surface area (Å²) in [6, 6.07) is 14.9. The maximum absolute atomic E-state index is 11.4. The molecule has 0 aliphatic rings. The van der Waals surface area contributed by atoms with Crippen molar-refractivity contribution in [2.24, 2.45) is 0 Å². The van der Waals surface area contributed by atoms with Crippen molar-refractivity contribution in [3.8, 4) is 17.5 Å². The molecule has 28 heavy (non-hydrogen) atoms. The van der Waals surface area contributed by atoms with Crippen LogP contribution < -0.4 is 10.1 Å². The van der Waals surface area contributed by atoms with Gasteiger partial charge in [0.05, 0.1) is 18.2 Å². The number of hydrogen-bond acceptors (Lipinski definition) is 7. The molecule has 9 heteroatoms. The van der Waals surface area contributed by atoms with Crippen LogP contribution in [0.15, 0.2) is 48.5 Å². The molecule has 9 nitrogen and oxygen atoms in total. The van der Waals surface area contributed by atoms with Crippen LogP contribution in [0.5, 0.6) is 6.01 Å². The maximum atomic E-state index is 11.4. The van der Waals surface area contributed by atoms with E-state index in [4.69, 9.17) is 4.74 Å². The third-order valence-electron chi connectivity index (χ3n) is 4.13. The van der Waals surface area contributed by atoms with E-state index in [9.17, 15) is 9.90 Å². The molecule has 0 radical (unpaired) electrons. The Kier molecular flexibility index (Phi) is 4.55. The number of rotatable bonds is 6. The Hall–Kier alpha value is -4.01. The van der Waals surface area contributed by atoms with Gasteiger partial charge in [0.2, 0.25) is 5.95 Å². The second-order valence-corrected chi connectivity index (χ2v) is 5.91. The highest BCUT2D eigenvalue weighted by Gasteiger charge is 2.18. The van der Waals surface area contributed by atoms with Crippen molar-refractivity contribution < 1.29 is 14.6 Å². The number of aromatic amines is 1. The summed E-state index contributed by atoms with van der Waals surface area (Å²) < 4.78 is 5.19. The first kappa shape index (κ1) is 17.4. The summed E-state index contributed by atoms with van der Waals surface area (Å²) >= 11 is 0. The van der Waals surface area contributed by atoms with Crippen LogP contribution in [0.25, 0.3) is 22.4 Å². The quantitative estimate of drug-likeness (QED) is 0.469. The van der Waals surface area contributed by atoms with E-state index < -0.39 is 5.97 Å². The minimum Gasteiger partial charge on any atom is -0.478 e. The number of nitrogens with zero attached hydrogens (tertiary/aromatic N) is 4. The van der Waals surface area contributed by atoms with E-state index in [1.165, 1.54) is 13.2 Å². The van der Waals surface area contributed by atoms with Crippen LogP contribution in [0.3, 0.4) is 0 Å². The first-order chi connectivity index (χ1) is 13.7. The zero-order valence-corrected chi connectivity index (χ0v) is 14.9. The molecule has 0 atom stereocenters. The Morgan fingerprint density at radius 1 is 1.11 bits per heavy atom. The lowest BCUT2D eigenvalue weighted by atomic mass is 10.1. The average Bonchev–Trinajstić information content (AvgIpc) is 3.17. The van der Waals surface area contributed by atoms with Gasteiger partial charge < -0.3 is 15.2 Å². The number of para-hydroxylation sites is 1. The number of H-pyrrole nitrogens is 1. The molecule has 2 aromatic carbocycles. The van der Waals surface area contributed by atoms with E-state index >= 15 is 0 Å². The SMILES string of the molecule is COc1nc(NCc2ccccc2)nc(-c2n[nH]c3c(C(=O)O)cccc23)n1. The van der Waals surface area contributed by atoms with E-state index in [1.807, 2.05) is 30.3 Å². The third-order valence-corrected chi connectivity index (χ3v) is 4.13. The van der Waals surface area contributed by atoms with Gasteiger partial charge in [0, 0.05) is 11.9 Å². The smallest absolute Gasteiger partial charge is 0.337 e. The molecule has 0 fully saturated rings. The minimum atomic E-state index is -1.04. The molecule has 0 amide bonds. The normalized spacial score (nSPS) is 10.8. The Morgan fingerprint density at radius 3 is 2.68 bits per heavy atom. The third kappa shape index (κ3) is 3.32. The molecule has 4 rings (SSSR count). The van der Waals surface area contributed by atoms with Gasteiger partial charge in [0.15, 0.2) is 5.82 Å². The van der Waals surface area contributed by atoms with Gasteiger partial charge >= 0.3 is 12.0 Å². The molecular weight excluding hydrogens is 360 g/mol. The first-order valence-electron chi connectivity index (χ1n) is 8.44. The Morgan fingerprint density at radius 2 is 1.93 bits per heavy atom. The summed E-state index contributed by atoms with van der Waals surface area (Å²) in [5.41, 5.74) is 2.02. The van der Waals surface area contributed by atoms with Crippen LogP contribution in [0, 0.1) is 0 Å². The lowest BCUT2D eigenvalue weighted by molar-refractivity contribution is 0.0699. The summed E-state index contributed by atoms with van der Waals surface area (Å²) in [7, 11) is 1.46. The molecule has 2 heterocycles. The average molecular weight is 376 g/mol. The first-order valence-corrected chi connectivity index (χ1v) is 8.44. The van der Waals surface area contributed by atoms with Crippen molar-refractivity contribution in [2.75, 3.05) is 12.4 Å². The van der Waals surface area contributed by atoms with E-state index in [0.29, 0.717) is 29.1 Å². The molecule has 3 N–H and O–H groups in total. The highest BCUT2D eigenvalue weighted by Crippen LogP contribution is 2.27. The largest absolute Gasteiger partial charge is 0.478 e. The molecular formula is C19H16N6O3. The predicted octanol–water partition coefficient (Wildman–Crippen LogP) is 2.73. The number of ether oxygens (including phenoxy) is 1. The number of nitrogens with one attached hydrogen (secondary N) is 2. The lowest BCUT2D eigenvalue weighted by Crippen LogP contribution is -2.07. The van der Waals surface area contributed by atoms with E-state index in [1.54, 1.807) is 12.1 Å². The Balaban J connectivity index is 1.73. The van der Waals surface area contributed by atoms with Gasteiger partial charge in [0.1, 0.15) is 5.69 Å². The van der Waals surface area contributed by atoms with Gasteiger partial charge in [-0.05, 0) is 11.6 Å².